The second kappa shape index (κ2) is 10.6. The zero-order chi connectivity index (χ0) is 6.24. The maximum Gasteiger partial charge on any atom is 1.00 e. The van der Waals surface area contributed by atoms with Crippen LogP contribution in [0.5, 0.6) is 0 Å². The Hall–Kier alpha value is -0.383. The topological polar surface area (TPSA) is 9.23 Å². The first-order valence-corrected chi connectivity index (χ1v) is 2.31. The Balaban J connectivity index is 0. The molecule has 0 saturated heterocycles. The van der Waals surface area contributed by atoms with E-state index in [0.29, 0.717) is 0 Å². The maximum atomic E-state index is 5.02. The molecule has 0 aliphatic heterocycles. The number of methoxy groups -OCH3 is 1. The quantitative estimate of drug-likeness (QED) is 0.193. The molecule has 0 amide bonds. The molecule has 0 rings (SSSR count). The van der Waals surface area contributed by atoms with Crippen molar-refractivity contribution in [2.24, 2.45) is 0 Å². The fourth-order valence-corrected chi connectivity index (χ4v) is 0.252. The molecule has 0 atom stereocenters. The largest absolute Gasteiger partial charge is 1.00 e. The van der Waals surface area contributed by atoms with E-state index in [2.05, 4.69) is 4.74 Å². The van der Waals surface area contributed by atoms with Gasteiger partial charge in [-0.25, -0.2) is 12.2 Å². The van der Waals surface area contributed by atoms with Crippen LogP contribution in [0.2, 0.25) is 0 Å². The van der Waals surface area contributed by atoms with Gasteiger partial charge < -0.3 is 4.74 Å². The van der Waals surface area contributed by atoms with Gasteiger partial charge in [0.25, 0.3) is 0 Å². The molecule has 1 nitrogen and oxygen atoms in total. The number of ether oxygens (including phenoxy) is 1. The Bertz CT molecular complexity index is 105. The Labute approximate surface area is 68.3 Å². The standard InChI is InChI=1S/C7H9O.Li/c1-3-4-5-6-7-8-2;/h1,3-7H,2H3;/q-1;+1/b5-4+,7-6+;. The van der Waals surface area contributed by atoms with Crippen LogP contribution in [0.15, 0.2) is 30.6 Å². The molecular formula is C7H9LiO. The molecule has 0 aliphatic carbocycles. The molecule has 0 fully saturated rings. The molecule has 0 aromatic rings. The number of rotatable bonds is 3. The minimum atomic E-state index is 0. The van der Waals surface area contributed by atoms with E-state index in [1.807, 2.05) is 0 Å². The van der Waals surface area contributed by atoms with Gasteiger partial charge in [0.15, 0.2) is 0 Å². The van der Waals surface area contributed by atoms with E-state index in [0.717, 1.165) is 0 Å². The summed E-state index contributed by atoms with van der Waals surface area (Å²) < 4.78 is 4.60. The SMILES string of the molecule is [CH-]=C/C=C/C=C/OC.[Li+]. The monoisotopic (exact) mass is 116 g/mol. The van der Waals surface area contributed by atoms with E-state index in [9.17, 15) is 0 Å². The van der Waals surface area contributed by atoms with Crippen molar-refractivity contribution in [3.8, 4) is 0 Å². The van der Waals surface area contributed by atoms with Crippen molar-refractivity contribution in [2.45, 2.75) is 0 Å². The van der Waals surface area contributed by atoms with E-state index in [-0.39, 0.29) is 18.9 Å². The summed E-state index contributed by atoms with van der Waals surface area (Å²) >= 11 is 0. The van der Waals surface area contributed by atoms with E-state index >= 15 is 0 Å². The number of hydrogen-bond acceptors (Lipinski definition) is 1. The van der Waals surface area contributed by atoms with Crippen LogP contribution in [0.4, 0.5) is 0 Å². The summed E-state index contributed by atoms with van der Waals surface area (Å²) in [5.41, 5.74) is 0. The third-order valence-electron chi connectivity index (χ3n) is 0.548. The zero-order valence-corrected chi connectivity index (χ0v) is 5.87. The van der Waals surface area contributed by atoms with Crippen LogP contribution in [-0.4, -0.2) is 7.11 Å². The molecule has 0 unspecified atom stereocenters. The van der Waals surface area contributed by atoms with Crippen molar-refractivity contribution in [1.29, 1.82) is 0 Å². The molecule has 0 spiro atoms. The Morgan fingerprint density at radius 1 is 1.22 bits per heavy atom. The van der Waals surface area contributed by atoms with Crippen molar-refractivity contribution in [2.75, 3.05) is 7.11 Å². The van der Waals surface area contributed by atoms with Gasteiger partial charge in [-0.3, -0.25) is 6.58 Å². The molecule has 0 radical (unpaired) electrons. The van der Waals surface area contributed by atoms with Crippen LogP contribution in [0, 0.1) is 6.58 Å². The summed E-state index contributed by atoms with van der Waals surface area (Å²) in [4.78, 5) is 0. The van der Waals surface area contributed by atoms with Gasteiger partial charge in [0.1, 0.15) is 0 Å². The summed E-state index contributed by atoms with van der Waals surface area (Å²) in [5, 5.41) is 0. The van der Waals surface area contributed by atoms with E-state index < -0.39 is 0 Å². The van der Waals surface area contributed by atoms with Gasteiger partial charge in [0.05, 0.1) is 13.4 Å². The Morgan fingerprint density at radius 3 is 2.33 bits per heavy atom. The first-order chi connectivity index (χ1) is 3.91. The van der Waals surface area contributed by atoms with Crippen molar-refractivity contribution >= 4 is 0 Å². The predicted molar refractivity (Wildman–Crippen MR) is 34.2 cm³/mol. The van der Waals surface area contributed by atoms with Crippen LogP contribution in [0.1, 0.15) is 0 Å². The van der Waals surface area contributed by atoms with Gasteiger partial charge in [-0.05, 0) is 6.08 Å². The third-order valence-corrected chi connectivity index (χ3v) is 0.548. The molecule has 0 aromatic carbocycles. The molecule has 0 aromatic heterocycles. The van der Waals surface area contributed by atoms with Gasteiger partial charge in [0, 0.05) is 0 Å². The zero-order valence-electron chi connectivity index (χ0n) is 5.87. The van der Waals surface area contributed by atoms with Crippen molar-refractivity contribution in [3.63, 3.8) is 0 Å². The van der Waals surface area contributed by atoms with Crippen LogP contribution in [0.3, 0.4) is 0 Å². The van der Waals surface area contributed by atoms with E-state index in [1.54, 1.807) is 31.6 Å². The van der Waals surface area contributed by atoms with E-state index in [4.69, 9.17) is 6.58 Å². The summed E-state index contributed by atoms with van der Waals surface area (Å²) in [6.07, 6.45) is 8.28. The first kappa shape index (κ1) is 11.4. The Morgan fingerprint density at radius 2 is 1.89 bits per heavy atom. The molecule has 0 aliphatic rings. The van der Waals surface area contributed by atoms with Crippen LogP contribution >= 0.6 is 0 Å². The third kappa shape index (κ3) is 11.3. The number of hydrogen-bond donors (Lipinski definition) is 0. The fraction of sp³-hybridized carbons (Fsp3) is 0.143. The normalized spacial score (nSPS) is 9.44. The average molecular weight is 116 g/mol. The van der Waals surface area contributed by atoms with Crippen LogP contribution < -0.4 is 18.9 Å². The van der Waals surface area contributed by atoms with Gasteiger partial charge in [0.2, 0.25) is 0 Å². The molecule has 0 heterocycles. The second-order valence-electron chi connectivity index (χ2n) is 1.14. The van der Waals surface area contributed by atoms with Gasteiger partial charge in [-0.2, -0.15) is 0 Å². The van der Waals surface area contributed by atoms with Gasteiger partial charge in [-0.1, -0.05) is 0 Å². The molecule has 0 saturated carbocycles. The molecule has 2 heteroatoms. The van der Waals surface area contributed by atoms with Crippen molar-refractivity contribution in [3.05, 3.63) is 37.1 Å². The van der Waals surface area contributed by atoms with Gasteiger partial charge in [-0.15, -0.1) is 6.08 Å². The summed E-state index contributed by atoms with van der Waals surface area (Å²) in [7, 11) is 1.59. The molecule has 0 bridgehead atoms. The molecular weight excluding hydrogens is 107 g/mol. The van der Waals surface area contributed by atoms with Crippen molar-refractivity contribution < 1.29 is 23.6 Å². The summed E-state index contributed by atoms with van der Waals surface area (Å²) in [5.74, 6) is 0. The van der Waals surface area contributed by atoms with Gasteiger partial charge >= 0.3 is 18.9 Å². The van der Waals surface area contributed by atoms with Crippen LogP contribution in [0.25, 0.3) is 0 Å². The van der Waals surface area contributed by atoms with Crippen LogP contribution in [-0.2, 0) is 4.74 Å². The predicted octanol–water partition coefficient (Wildman–Crippen LogP) is -1.30. The van der Waals surface area contributed by atoms with E-state index in [1.165, 1.54) is 6.08 Å². The molecule has 44 valence electrons. The first-order valence-electron chi connectivity index (χ1n) is 2.31. The molecule has 0 N–H and O–H groups in total. The maximum absolute atomic E-state index is 5.02. The molecule has 9 heavy (non-hydrogen) atoms. The average Bonchev–Trinajstić information content (AvgIpc) is 1.81. The minimum Gasteiger partial charge on any atom is -0.504 e. The fourth-order valence-electron chi connectivity index (χ4n) is 0.252. The summed E-state index contributed by atoms with van der Waals surface area (Å²) in [6, 6.07) is 0. The van der Waals surface area contributed by atoms with Crippen molar-refractivity contribution in [1.82, 2.24) is 0 Å². The Kier molecular flexibility index (Phi) is 13.4. The summed E-state index contributed by atoms with van der Waals surface area (Å²) in [6.45, 7) is 5.02. The second-order valence-corrected chi connectivity index (χ2v) is 1.14. The number of allylic oxidation sites excluding steroid dienone is 4. The minimum absolute atomic E-state index is 0. The smallest absolute Gasteiger partial charge is 0.504 e.